The van der Waals surface area contributed by atoms with Crippen LogP contribution in [0, 0.1) is 11.6 Å². The number of nitrogens with one attached hydrogen (secondary N) is 1. The van der Waals surface area contributed by atoms with Crippen molar-refractivity contribution in [3.63, 3.8) is 0 Å². The van der Waals surface area contributed by atoms with Gasteiger partial charge in [0.25, 0.3) is 0 Å². The standard InChI is InChI=1S/C9H5BrF2N2/c10-9-13-4-8(14-9)6-2-1-5(11)3-7(6)12/h1-4H,(H,13,14). The average molecular weight is 259 g/mol. The lowest BCUT2D eigenvalue weighted by atomic mass is 10.1. The molecule has 1 aromatic carbocycles. The van der Waals surface area contributed by atoms with Crippen LogP contribution < -0.4 is 0 Å². The van der Waals surface area contributed by atoms with Crippen LogP contribution in [0.25, 0.3) is 11.3 Å². The Hall–Kier alpha value is -1.23. The highest BCUT2D eigenvalue weighted by Crippen LogP contribution is 2.22. The van der Waals surface area contributed by atoms with Gasteiger partial charge in [-0.1, -0.05) is 0 Å². The molecule has 2 nitrogen and oxygen atoms in total. The molecule has 2 aromatic rings. The second kappa shape index (κ2) is 3.49. The van der Waals surface area contributed by atoms with Crippen LogP contribution in [0.4, 0.5) is 8.78 Å². The molecule has 0 radical (unpaired) electrons. The SMILES string of the molecule is Fc1ccc(-c2cnc(Br)[nH]2)c(F)c1. The molecule has 0 amide bonds. The van der Waals surface area contributed by atoms with Gasteiger partial charge < -0.3 is 4.98 Å². The van der Waals surface area contributed by atoms with Crippen molar-refractivity contribution in [1.82, 2.24) is 9.97 Å². The predicted octanol–water partition coefficient (Wildman–Crippen LogP) is 3.12. The highest BCUT2D eigenvalue weighted by Gasteiger charge is 2.08. The largest absolute Gasteiger partial charge is 0.332 e. The van der Waals surface area contributed by atoms with E-state index in [2.05, 4.69) is 25.9 Å². The lowest BCUT2D eigenvalue weighted by Crippen LogP contribution is -1.85. The van der Waals surface area contributed by atoms with Crippen molar-refractivity contribution in [3.8, 4) is 11.3 Å². The van der Waals surface area contributed by atoms with E-state index < -0.39 is 11.6 Å². The first-order valence-electron chi connectivity index (χ1n) is 3.83. The molecule has 14 heavy (non-hydrogen) atoms. The third-order valence-corrected chi connectivity index (χ3v) is 2.17. The average Bonchev–Trinajstić information content (AvgIpc) is 2.51. The van der Waals surface area contributed by atoms with Crippen LogP contribution in [0.1, 0.15) is 0 Å². The monoisotopic (exact) mass is 258 g/mol. The lowest BCUT2D eigenvalue weighted by Gasteiger charge is -1.98. The number of aromatic amines is 1. The van der Waals surface area contributed by atoms with Gasteiger partial charge in [-0.25, -0.2) is 13.8 Å². The summed E-state index contributed by atoms with van der Waals surface area (Å²) in [6, 6.07) is 3.40. The number of hydrogen-bond acceptors (Lipinski definition) is 1. The molecule has 0 aliphatic rings. The summed E-state index contributed by atoms with van der Waals surface area (Å²) in [5.41, 5.74) is 0.805. The molecule has 0 spiro atoms. The summed E-state index contributed by atoms with van der Waals surface area (Å²) in [6.45, 7) is 0. The minimum Gasteiger partial charge on any atom is -0.332 e. The van der Waals surface area contributed by atoms with Crippen molar-refractivity contribution in [2.45, 2.75) is 0 Å². The first kappa shape index (κ1) is 9.33. The topological polar surface area (TPSA) is 28.7 Å². The number of hydrogen-bond donors (Lipinski definition) is 1. The Balaban J connectivity index is 2.52. The molecule has 1 aromatic heterocycles. The molecule has 5 heteroatoms. The van der Waals surface area contributed by atoms with E-state index in [0.29, 0.717) is 16.0 Å². The molecule has 0 fully saturated rings. The van der Waals surface area contributed by atoms with Crippen LogP contribution in [0.2, 0.25) is 0 Å². The zero-order valence-electron chi connectivity index (χ0n) is 6.89. The molecule has 72 valence electrons. The summed E-state index contributed by atoms with van der Waals surface area (Å²) in [5.74, 6) is -1.20. The van der Waals surface area contributed by atoms with Gasteiger partial charge in [-0.15, -0.1) is 0 Å². The molecule has 1 N–H and O–H groups in total. The summed E-state index contributed by atoms with van der Waals surface area (Å²) < 4.78 is 26.3. The van der Waals surface area contributed by atoms with Crippen molar-refractivity contribution in [2.24, 2.45) is 0 Å². The van der Waals surface area contributed by atoms with E-state index in [1.807, 2.05) is 0 Å². The maximum atomic E-state index is 13.2. The van der Waals surface area contributed by atoms with Crippen LogP contribution in [0.5, 0.6) is 0 Å². The van der Waals surface area contributed by atoms with Gasteiger partial charge >= 0.3 is 0 Å². The van der Waals surface area contributed by atoms with Crippen molar-refractivity contribution >= 4 is 15.9 Å². The number of rotatable bonds is 1. The molecule has 0 saturated heterocycles. The molecule has 0 aliphatic carbocycles. The summed E-state index contributed by atoms with van der Waals surface area (Å²) in [4.78, 5) is 6.65. The summed E-state index contributed by atoms with van der Waals surface area (Å²) >= 11 is 3.11. The zero-order valence-corrected chi connectivity index (χ0v) is 8.48. The third kappa shape index (κ3) is 1.68. The van der Waals surface area contributed by atoms with Gasteiger partial charge in [0.1, 0.15) is 11.6 Å². The fourth-order valence-corrected chi connectivity index (χ4v) is 1.46. The van der Waals surface area contributed by atoms with Gasteiger partial charge in [-0.3, -0.25) is 0 Å². The van der Waals surface area contributed by atoms with Crippen LogP contribution >= 0.6 is 15.9 Å². The molecular weight excluding hydrogens is 254 g/mol. The fraction of sp³-hybridized carbons (Fsp3) is 0. The van der Waals surface area contributed by atoms with Crippen molar-refractivity contribution < 1.29 is 8.78 Å². The minimum absolute atomic E-state index is 0.296. The van der Waals surface area contributed by atoms with Gasteiger partial charge in [0, 0.05) is 11.6 Å². The number of H-pyrrole nitrogens is 1. The van der Waals surface area contributed by atoms with Gasteiger partial charge in [-0.2, -0.15) is 0 Å². The maximum Gasteiger partial charge on any atom is 0.174 e. The molecule has 0 atom stereocenters. The number of imidazole rings is 1. The summed E-state index contributed by atoms with van der Waals surface area (Å²) in [7, 11) is 0. The number of nitrogens with zero attached hydrogens (tertiary/aromatic N) is 1. The fourth-order valence-electron chi connectivity index (χ4n) is 1.14. The van der Waals surface area contributed by atoms with Crippen LogP contribution in [-0.4, -0.2) is 9.97 Å². The Bertz CT molecular complexity index is 468. The van der Waals surface area contributed by atoms with E-state index in [1.54, 1.807) is 0 Å². The molecule has 0 saturated carbocycles. The van der Waals surface area contributed by atoms with Crippen LogP contribution in [0.3, 0.4) is 0 Å². The Morgan fingerprint density at radius 3 is 2.64 bits per heavy atom. The summed E-state index contributed by atoms with van der Waals surface area (Å²) in [6.07, 6.45) is 1.47. The van der Waals surface area contributed by atoms with E-state index in [-0.39, 0.29) is 0 Å². The zero-order chi connectivity index (χ0) is 10.1. The Morgan fingerprint density at radius 2 is 2.07 bits per heavy atom. The van der Waals surface area contributed by atoms with Crippen molar-refractivity contribution in [3.05, 3.63) is 40.8 Å². The molecule has 0 aliphatic heterocycles. The normalized spacial score (nSPS) is 10.5. The number of aromatic nitrogens is 2. The van der Waals surface area contributed by atoms with E-state index in [9.17, 15) is 8.78 Å². The molecule has 0 bridgehead atoms. The first-order chi connectivity index (χ1) is 6.66. The van der Waals surface area contributed by atoms with E-state index in [1.165, 1.54) is 18.3 Å². The van der Waals surface area contributed by atoms with Crippen LogP contribution in [0.15, 0.2) is 29.1 Å². The number of halogens is 3. The number of benzene rings is 1. The smallest absolute Gasteiger partial charge is 0.174 e. The van der Waals surface area contributed by atoms with E-state index >= 15 is 0 Å². The van der Waals surface area contributed by atoms with Gasteiger partial charge in [0.05, 0.1) is 11.9 Å². The molecule has 1 heterocycles. The predicted molar refractivity (Wildman–Crippen MR) is 51.6 cm³/mol. The quantitative estimate of drug-likeness (QED) is 0.837. The first-order valence-corrected chi connectivity index (χ1v) is 4.62. The maximum absolute atomic E-state index is 13.2. The second-order valence-electron chi connectivity index (χ2n) is 2.71. The molecule has 2 rings (SSSR count). The summed E-state index contributed by atoms with van der Waals surface area (Å²) in [5, 5.41) is 0. The Morgan fingerprint density at radius 1 is 1.29 bits per heavy atom. The highest BCUT2D eigenvalue weighted by atomic mass is 79.9. The third-order valence-electron chi connectivity index (χ3n) is 1.77. The van der Waals surface area contributed by atoms with Gasteiger partial charge in [-0.05, 0) is 28.1 Å². The second-order valence-corrected chi connectivity index (χ2v) is 3.46. The van der Waals surface area contributed by atoms with Gasteiger partial charge in [0.15, 0.2) is 4.73 Å². The highest BCUT2D eigenvalue weighted by molar-refractivity contribution is 9.10. The molecular formula is C9H5BrF2N2. The van der Waals surface area contributed by atoms with E-state index in [0.717, 1.165) is 6.07 Å². The van der Waals surface area contributed by atoms with E-state index in [4.69, 9.17) is 0 Å². The van der Waals surface area contributed by atoms with Crippen LogP contribution in [-0.2, 0) is 0 Å². The Labute approximate surface area is 87.1 Å². The van der Waals surface area contributed by atoms with Crippen molar-refractivity contribution in [2.75, 3.05) is 0 Å². The minimum atomic E-state index is -0.610. The van der Waals surface area contributed by atoms with Gasteiger partial charge in [0.2, 0.25) is 0 Å². The lowest BCUT2D eigenvalue weighted by molar-refractivity contribution is 0.585. The van der Waals surface area contributed by atoms with Crippen molar-refractivity contribution in [1.29, 1.82) is 0 Å². The Kier molecular flexibility index (Phi) is 2.33. The molecule has 0 unspecified atom stereocenters.